The van der Waals surface area contributed by atoms with E-state index in [9.17, 15) is 4.79 Å². The molecule has 0 spiro atoms. The number of ether oxygens (including phenoxy) is 1. The third-order valence-electron chi connectivity index (χ3n) is 4.08. The lowest BCUT2D eigenvalue weighted by molar-refractivity contribution is 0.351. The van der Waals surface area contributed by atoms with Crippen molar-refractivity contribution >= 4 is 27.1 Å². The van der Waals surface area contributed by atoms with Crippen LogP contribution in [-0.4, -0.2) is 34.3 Å². The normalized spacial score (nSPS) is 12.8. The Bertz CT molecular complexity index is 944. The van der Waals surface area contributed by atoms with Crippen LogP contribution in [0.15, 0.2) is 41.3 Å². The van der Waals surface area contributed by atoms with Gasteiger partial charge in [0.1, 0.15) is 5.75 Å². The van der Waals surface area contributed by atoms with Gasteiger partial charge >= 0.3 is 0 Å². The van der Waals surface area contributed by atoms with Gasteiger partial charge in [0.15, 0.2) is 0 Å². The van der Waals surface area contributed by atoms with Crippen LogP contribution in [0, 0.1) is 5.41 Å². The molecule has 2 N–H and O–H groups in total. The molecule has 3 rings (SSSR count). The van der Waals surface area contributed by atoms with Gasteiger partial charge in [-0.15, -0.1) is 5.10 Å². The van der Waals surface area contributed by atoms with E-state index < -0.39 is 0 Å². The van der Waals surface area contributed by atoms with Crippen molar-refractivity contribution < 1.29 is 4.74 Å². The molecule has 3 aromatic rings. The van der Waals surface area contributed by atoms with E-state index in [0.717, 1.165) is 11.4 Å². The summed E-state index contributed by atoms with van der Waals surface area (Å²) in [5, 5.41) is 11.9. The molecule has 0 unspecified atom stereocenters. The van der Waals surface area contributed by atoms with Gasteiger partial charge in [-0.25, -0.2) is 4.98 Å². The number of hydrogen-bond acceptors (Lipinski definition) is 7. The van der Waals surface area contributed by atoms with Crippen molar-refractivity contribution in [2.75, 3.05) is 24.3 Å². The van der Waals surface area contributed by atoms with Gasteiger partial charge in [0.2, 0.25) is 10.1 Å². The first-order valence-electron chi connectivity index (χ1n) is 8.36. The zero-order chi connectivity index (χ0) is 18.7. The summed E-state index contributed by atoms with van der Waals surface area (Å²) in [6.45, 7) is 7.18. The molecule has 0 fully saturated rings. The van der Waals surface area contributed by atoms with Gasteiger partial charge in [0.05, 0.1) is 7.11 Å². The molecular formula is C18H23N5O2S. The molecule has 0 amide bonds. The number of nitrogens with zero attached hydrogens (tertiary/aromatic N) is 3. The Morgan fingerprint density at radius 3 is 2.81 bits per heavy atom. The summed E-state index contributed by atoms with van der Waals surface area (Å²) in [7, 11) is 1.66. The van der Waals surface area contributed by atoms with Crippen LogP contribution in [-0.2, 0) is 0 Å². The molecular weight excluding hydrogens is 350 g/mol. The van der Waals surface area contributed by atoms with E-state index in [-0.39, 0.29) is 17.0 Å². The zero-order valence-electron chi connectivity index (χ0n) is 15.3. The van der Waals surface area contributed by atoms with Crippen LogP contribution < -0.4 is 20.9 Å². The molecule has 1 aromatic carbocycles. The molecule has 0 aliphatic heterocycles. The number of rotatable bonds is 6. The van der Waals surface area contributed by atoms with Crippen LogP contribution >= 0.6 is 11.3 Å². The fourth-order valence-electron chi connectivity index (χ4n) is 2.49. The van der Waals surface area contributed by atoms with Gasteiger partial charge in [-0.3, -0.25) is 4.79 Å². The highest BCUT2D eigenvalue weighted by Gasteiger charge is 2.25. The summed E-state index contributed by atoms with van der Waals surface area (Å²) in [6, 6.07) is 9.40. The Labute approximate surface area is 156 Å². The molecule has 7 nitrogen and oxygen atoms in total. The summed E-state index contributed by atoms with van der Waals surface area (Å²) in [5.74, 6) is 0.812. The maximum atomic E-state index is 11.8. The minimum atomic E-state index is -0.179. The highest BCUT2D eigenvalue weighted by molar-refractivity contribution is 7.20. The molecule has 8 heteroatoms. The first kappa shape index (κ1) is 18.2. The molecule has 138 valence electrons. The summed E-state index contributed by atoms with van der Waals surface area (Å²) in [6.07, 6.45) is 1.50. The van der Waals surface area contributed by atoms with Crippen LogP contribution in [0.25, 0.3) is 4.96 Å². The predicted molar refractivity (Wildman–Crippen MR) is 105 cm³/mol. The molecule has 0 bridgehead atoms. The van der Waals surface area contributed by atoms with Crippen molar-refractivity contribution in [2.24, 2.45) is 5.41 Å². The lowest BCUT2D eigenvalue weighted by Crippen LogP contribution is -2.39. The highest BCUT2D eigenvalue weighted by Crippen LogP contribution is 2.26. The van der Waals surface area contributed by atoms with Crippen molar-refractivity contribution in [3.8, 4) is 5.75 Å². The van der Waals surface area contributed by atoms with Crippen molar-refractivity contribution in [3.05, 3.63) is 46.9 Å². The van der Waals surface area contributed by atoms with Crippen LogP contribution in [0.4, 0.5) is 10.8 Å². The number of methoxy groups -OCH3 is 1. The first-order chi connectivity index (χ1) is 12.4. The van der Waals surface area contributed by atoms with Crippen LogP contribution in [0.3, 0.4) is 0 Å². The van der Waals surface area contributed by atoms with Gasteiger partial charge in [-0.05, 0) is 17.5 Å². The fourth-order valence-corrected chi connectivity index (χ4v) is 3.27. The van der Waals surface area contributed by atoms with Gasteiger partial charge in [-0.2, -0.15) is 4.52 Å². The standard InChI is InChI=1S/C18H23N5O2S/c1-18(2,3)14(21-12-6-5-7-13(10-12)25-4)11-20-16-22-23-15(24)8-9-19-17(23)26-16/h5-10,14,21H,11H2,1-4H3,(H,20,22)/t14-/m0/s1. The fraction of sp³-hybridized carbons (Fsp3) is 0.389. The van der Waals surface area contributed by atoms with E-state index in [4.69, 9.17) is 4.74 Å². The molecule has 0 saturated heterocycles. The second-order valence-corrected chi connectivity index (χ2v) is 8.02. The van der Waals surface area contributed by atoms with E-state index >= 15 is 0 Å². The minimum Gasteiger partial charge on any atom is -0.497 e. The SMILES string of the molecule is COc1cccc(N[C@@H](CNc2nn3c(=O)ccnc3s2)C(C)(C)C)c1. The second kappa shape index (κ2) is 7.33. The number of nitrogens with one attached hydrogen (secondary N) is 2. The molecule has 2 heterocycles. The highest BCUT2D eigenvalue weighted by atomic mass is 32.1. The van der Waals surface area contributed by atoms with Crippen molar-refractivity contribution in [1.82, 2.24) is 14.6 Å². The Hall–Kier alpha value is -2.61. The smallest absolute Gasteiger partial charge is 0.275 e. The van der Waals surface area contributed by atoms with Crippen LogP contribution in [0.5, 0.6) is 5.75 Å². The van der Waals surface area contributed by atoms with Crippen molar-refractivity contribution in [1.29, 1.82) is 0 Å². The first-order valence-corrected chi connectivity index (χ1v) is 9.18. The average Bonchev–Trinajstić information content (AvgIpc) is 3.02. The zero-order valence-corrected chi connectivity index (χ0v) is 16.1. The molecule has 2 aromatic heterocycles. The monoisotopic (exact) mass is 373 g/mol. The molecule has 0 radical (unpaired) electrons. The number of aromatic nitrogens is 3. The lowest BCUT2D eigenvalue weighted by Gasteiger charge is -2.32. The molecule has 0 aliphatic carbocycles. The number of hydrogen-bond donors (Lipinski definition) is 2. The third kappa shape index (κ3) is 4.13. The molecule has 1 atom stereocenters. The molecule has 0 aliphatic rings. The minimum absolute atomic E-state index is 0.00183. The van der Waals surface area contributed by atoms with Gasteiger partial charge in [0.25, 0.3) is 5.56 Å². The van der Waals surface area contributed by atoms with E-state index in [1.807, 2.05) is 24.3 Å². The largest absolute Gasteiger partial charge is 0.497 e. The quantitative estimate of drug-likeness (QED) is 0.691. The Balaban J connectivity index is 1.75. The van der Waals surface area contributed by atoms with Gasteiger partial charge in [-0.1, -0.05) is 38.2 Å². The van der Waals surface area contributed by atoms with Gasteiger partial charge < -0.3 is 15.4 Å². The number of anilines is 2. The van der Waals surface area contributed by atoms with E-state index in [2.05, 4.69) is 41.5 Å². The lowest BCUT2D eigenvalue weighted by atomic mass is 9.86. The van der Waals surface area contributed by atoms with E-state index in [1.165, 1.54) is 28.1 Å². The summed E-state index contributed by atoms with van der Waals surface area (Å²) >= 11 is 1.36. The number of fused-ring (bicyclic) bond motifs is 1. The third-order valence-corrected chi connectivity index (χ3v) is 4.96. The molecule has 26 heavy (non-hydrogen) atoms. The maximum Gasteiger partial charge on any atom is 0.275 e. The second-order valence-electron chi connectivity index (χ2n) is 7.06. The average molecular weight is 373 g/mol. The Morgan fingerprint density at radius 2 is 2.12 bits per heavy atom. The number of benzene rings is 1. The van der Waals surface area contributed by atoms with Crippen LogP contribution in [0.1, 0.15) is 20.8 Å². The van der Waals surface area contributed by atoms with Crippen molar-refractivity contribution in [2.45, 2.75) is 26.8 Å². The molecule has 0 saturated carbocycles. The maximum absolute atomic E-state index is 11.8. The van der Waals surface area contributed by atoms with Gasteiger partial charge in [0, 0.05) is 36.6 Å². The summed E-state index contributed by atoms with van der Waals surface area (Å²) in [4.78, 5) is 16.6. The summed E-state index contributed by atoms with van der Waals surface area (Å²) < 4.78 is 6.61. The predicted octanol–water partition coefficient (Wildman–Crippen LogP) is 3.10. The topological polar surface area (TPSA) is 80.5 Å². The Morgan fingerprint density at radius 1 is 1.31 bits per heavy atom. The van der Waals surface area contributed by atoms with Crippen molar-refractivity contribution in [3.63, 3.8) is 0 Å². The Kier molecular flexibility index (Phi) is 5.13. The van der Waals surface area contributed by atoms with Crippen LogP contribution in [0.2, 0.25) is 0 Å². The van der Waals surface area contributed by atoms with E-state index in [0.29, 0.717) is 16.6 Å². The van der Waals surface area contributed by atoms with E-state index in [1.54, 1.807) is 7.11 Å². The summed E-state index contributed by atoms with van der Waals surface area (Å²) in [5.41, 5.74) is 0.816.